The van der Waals surface area contributed by atoms with Gasteiger partial charge in [-0.25, -0.2) is 16.8 Å². The maximum atomic E-state index is 10.8. The van der Waals surface area contributed by atoms with E-state index in [1.165, 1.54) is 180 Å². The summed E-state index contributed by atoms with van der Waals surface area (Å²) in [4.78, 5) is 0. The third-order valence-corrected chi connectivity index (χ3v) is 11.6. The standard InChI is InChI=1S/2C22H46O4S.Ca/c2*1-3-5-7-9-11-12-14-16-18-20-22(21-26-27(23,24)25)19-17-15-13-10-8-6-4-2;/h2*22H,3-21H2,1-2H3,(H,23,24,25);/q;;+2/p-2. The molecule has 8 nitrogen and oxygen atoms in total. The van der Waals surface area contributed by atoms with Crippen LogP contribution in [0.25, 0.3) is 0 Å². The van der Waals surface area contributed by atoms with Gasteiger partial charge in [-0.15, -0.1) is 0 Å². The van der Waals surface area contributed by atoms with Crippen molar-refractivity contribution in [3.8, 4) is 0 Å². The predicted octanol–water partition coefficient (Wildman–Crippen LogP) is 13.9. The second kappa shape index (κ2) is 46.1. The van der Waals surface area contributed by atoms with Crippen LogP contribution in [0.3, 0.4) is 0 Å². The Balaban J connectivity index is -0.000000966. The van der Waals surface area contributed by atoms with E-state index >= 15 is 0 Å². The van der Waals surface area contributed by atoms with Gasteiger partial charge in [-0.2, -0.15) is 0 Å². The fraction of sp³-hybridized carbons (Fsp3) is 1.00. The van der Waals surface area contributed by atoms with E-state index in [1.807, 2.05) is 0 Å². The molecule has 0 rings (SSSR count). The molecule has 0 saturated heterocycles. The zero-order valence-electron chi connectivity index (χ0n) is 36.8. The molecule has 55 heavy (non-hydrogen) atoms. The maximum absolute atomic E-state index is 10.8. The minimum Gasteiger partial charge on any atom is -0.726 e. The Morgan fingerprint density at radius 2 is 0.491 bits per heavy atom. The monoisotopic (exact) mass is 851 g/mol. The van der Waals surface area contributed by atoms with E-state index in [1.54, 1.807) is 0 Å². The second-order valence-corrected chi connectivity index (χ2v) is 18.3. The van der Waals surface area contributed by atoms with Crippen LogP contribution in [0.5, 0.6) is 0 Å². The van der Waals surface area contributed by atoms with Crippen molar-refractivity contribution in [3.63, 3.8) is 0 Å². The van der Waals surface area contributed by atoms with Crippen molar-refractivity contribution < 1.29 is 34.3 Å². The first-order chi connectivity index (χ1) is 26.0. The second-order valence-electron chi connectivity index (χ2n) is 16.2. The Labute approximate surface area is 373 Å². The van der Waals surface area contributed by atoms with Gasteiger partial charge in [0.1, 0.15) is 0 Å². The van der Waals surface area contributed by atoms with E-state index in [0.29, 0.717) is 0 Å². The van der Waals surface area contributed by atoms with Crippen LogP contribution in [0.15, 0.2) is 0 Å². The van der Waals surface area contributed by atoms with Crippen LogP contribution in [0.4, 0.5) is 0 Å². The zero-order valence-corrected chi connectivity index (χ0v) is 40.7. The van der Waals surface area contributed by atoms with Gasteiger partial charge in [-0.1, -0.05) is 233 Å². The fourth-order valence-electron chi connectivity index (χ4n) is 7.25. The molecule has 0 aliphatic heterocycles. The van der Waals surface area contributed by atoms with Crippen LogP contribution in [-0.2, 0) is 29.2 Å². The first-order valence-electron chi connectivity index (χ1n) is 23.2. The van der Waals surface area contributed by atoms with Gasteiger partial charge >= 0.3 is 37.7 Å². The maximum Gasteiger partial charge on any atom is 2.00 e. The Bertz CT molecular complexity index is 873. The Morgan fingerprint density at radius 3 is 0.655 bits per heavy atom. The molecule has 0 aromatic heterocycles. The summed E-state index contributed by atoms with van der Waals surface area (Å²) in [5.41, 5.74) is 0. The average molecular weight is 851 g/mol. The van der Waals surface area contributed by atoms with Gasteiger partial charge < -0.3 is 9.11 Å². The molecule has 0 spiro atoms. The summed E-state index contributed by atoms with van der Waals surface area (Å²) in [6.07, 6.45) is 44.5. The molecule has 0 aliphatic carbocycles. The van der Waals surface area contributed by atoms with Crippen LogP contribution in [0, 0.1) is 11.8 Å². The zero-order chi connectivity index (χ0) is 40.4. The first kappa shape index (κ1) is 60.3. The van der Waals surface area contributed by atoms with Gasteiger partial charge in [0, 0.05) is 0 Å². The van der Waals surface area contributed by atoms with Crippen molar-refractivity contribution in [2.75, 3.05) is 13.2 Å². The van der Waals surface area contributed by atoms with E-state index in [0.717, 1.165) is 51.4 Å². The molecule has 0 aliphatic rings. The normalized spacial score (nSPS) is 12.9. The number of unbranched alkanes of at least 4 members (excludes halogenated alkanes) is 28. The van der Waals surface area contributed by atoms with Crippen molar-refractivity contribution in [2.45, 2.75) is 259 Å². The van der Waals surface area contributed by atoms with Crippen molar-refractivity contribution in [2.24, 2.45) is 11.8 Å². The molecule has 0 bridgehead atoms. The first-order valence-corrected chi connectivity index (χ1v) is 25.9. The summed E-state index contributed by atoms with van der Waals surface area (Å²) >= 11 is 0. The van der Waals surface area contributed by atoms with E-state index in [2.05, 4.69) is 36.1 Å². The van der Waals surface area contributed by atoms with Crippen LogP contribution >= 0.6 is 0 Å². The smallest absolute Gasteiger partial charge is 0.726 e. The van der Waals surface area contributed by atoms with Crippen molar-refractivity contribution >= 4 is 58.5 Å². The minimum atomic E-state index is -4.57. The van der Waals surface area contributed by atoms with Crippen molar-refractivity contribution in [1.82, 2.24) is 0 Å². The van der Waals surface area contributed by atoms with Gasteiger partial charge in [0.25, 0.3) is 0 Å². The molecule has 2 unspecified atom stereocenters. The molecule has 0 aromatic carbocycles. The number of hydrogen-bond acceptors (Lipinski definition) is 8. The molecule has 0 radical (unpaired) electrons. The third kappa shape index (κ3) is 55.0. The van der Waals surface area contributed by atoms with E-state index in [-0.39, 0.29) is 62.8 Å². The van der Waals surface area contributed by atoms with Crippen LogP contribution in [0.1, 0.15) is 259 Å². The number of rotatable bonds is 42. The SMILES string of the molecule is CCCCCCCCCCCC(CCCCCCCCC)COS(=O)(=O)[O-].CCCCCCCCCCCC(CCCCCCCCC)COS(=O)(=O)[O-].[Ca+2]. The summed E-state index contributed by atoms with van der Waals surface area (Å²) in [7, 11) is -9.13. The van der Waals surface area contributed by atoms with Crippen LogP contribution < -0.4 is 0 Å². The third-order valence-electron chi connectivity index (χ3n) is 10.8. The van der Waals surface area contributed by atoms with Gasteiger partial charge in [0.15, 0.2) is 0 Å². The summed E-state index contributed by atoms with van der Waals surface area (Å²) in [6.45, 7) is 9.06. The van der Waals surface area contributed by atoms with Gasteiger partial charge in [-0.3, -0.25) is 8.37 Å². The number of hydrogen-bond donors (Lipinski definition) is 0. The topological polar surface area (TPSA) is 133 Å². The summed E-state index contributed by atoms with van der Waals surface area (Å²) < 4.78 is 73.6. The molecule has 2 atom stereocenters. The van der Waals surface area contributed by atoms with E-state index < -0.39 is 20.8 Å². The average Bonchev–Trinajstić information content (AvgIpc) is 3.12. The van der Waals surface area contributed by atoms with Gasteiger partial charge in [-0.05, 0) is 37.5 Å². The summed E-state index contributed by atoms with van der Waals surface area (Å²) in [6, 6.07) is 0. The van der Waals surface area contributed by atoms with Gasteiger partial charge in [0.2, 0.25) is 20.8 Å². The molecule has 0 amide bonds. The van der Waals surface area contributed by atoms with Crippen LogP contribution in [0.2, 0.25) is 0 Å². The molecular formula is C44H90CaO8S2. The molecular weight excluding hydrogens is 761 g/mol. The fourth-order valence-corrected chi connectivity index (χ4v) is 7.97. The molecule has 0 heterocycles. The Kier molecular flexibility index (Phi) is 50.5. The Hall–Kier alpha value is 1.000. The minimum absolute atomic E-state index is 0. The summed E-state index contributed by atoms with van der Waals surface area (Å²) in [5.74, 6) is 0.405. The van der Waals surface area contributed by atoms with Gasteiger partial charge in [0.05, 0.1) is 13.2 Å². The van der Waals surface area contributed by atoms with E-state index in [9.17, 15) is 25.9 Å². The van der Waals surface area contributed by atoms with Crippen molar-refractivity contribution in [3.05, 3.63) is 0 Å². The summed E-state index contributed by atoms with van der Waals surface area (Å²) in [5, 5.41) is 0. The Morgan fingerprint density at radius 1 is 0.327 bits per heavy atom. The molecule has 0 saturated carbocycles. The molecule has 0 N–H and O–H groups in total. The van der Waals surface area contributed by atoms with Crippen LogP contribution in [-0.4, -0.2) is 76.9 Å². The molecule has 328 valence electrons. The predicted molar refractivity (Wildman–Crippen MR) is 233 cm³/mol. The largest absolute Gasteiger partial charge is 2.00 e. The molecule has 0 aromatic rings. The van der Waals surface area contributed by atoms with Crippen molar-refractivity contribution in [1.29, 1.82) is 0 Å². The quantitative estimate of drug-likeness (QED) is 0.0257. The van der Waals surface area contributed by atoms with E-state index in [4.69, 9.17) is 0 Å². The molecule has 0 fully saturated rings. The molecule has 11 heteroatoms.